The number of benzene rings is 1. The van der Waals surface area contributed by atoms with E-state index in [1.165, 1.54) is 13.3 Å². The van der Waals surface area contributed by atoms with E-state index in [0.29, 0.717) is 16.8 Å². The molecule has 0 unspecified atom stereocenters. The van der Waals surface area contributed by atoms with E-state index < -0.39 is 18.5 Å². The van der Waals surface area contributed by atoms with Gasteiger partial charge in [0, 0.05) is 24.3 Å². The summed E-state index contributed by atoms with van der Waals surface area (Å²) >= 11 is 5.87. The maximum atomic E-state index is 12.3. The van der Waals surface area contributed by atoms with Crippen molar-refractivity contribution < 1.29 is 23.5 Å². The van der Waals surface area contributed by atoms with Crippen molar-refractivity contribution in [1.29, 1.82) is 0 Å². The Bertz CT molecular complexity index is 954. The summed E-state index contributed by atoms with van der Waals surface area (Å²) in [5.41, 5.74) is 1.45. The molecule has 0 radical (unpaired) electrons. The zero-order chi connectivity index (χ0) is 18.5. The molecule has 0 saturated carbocycles. The summed E-state index contributed by atoms with van der Waals surface area (Å²) in [6.45, 7) is -0.313. The van der Waals surface area contributed by atoms with E-state index in [9.17, 15) is 9.59 Å². The molecule has 0 aliphatic carbocycles. The number of aromatic nitrogens is 1. The Kier molecular flexibility index (Phi) is 5.50. The van der Waals surface area contributed by atoms with Crippen LogP contribution < -0.4 is 5.32 Å². The van der Waals surface area contributed by atoms with Crippen molar-refractivity contribution in [3.8, 4) is 0 Å². The fourth-order valence-corrected chi connectivity index (χ4v) is 2.58. The number of pyridine rings is 1. The number of rotatable bonds is 6. The summed E-state index contributed by atoms with van der Waals surface area (Å²) in [5, 5.41) is 3.42. The second-order valence-corrected chi connectivity index (χ2v) is 5.66. The molecule has 1 amide bonds. The van der Waals surface area contributed by atoms with Crippen molar-refractivity contribution in [3.63, 3.8) is 0 Å². The summed E-state index contributed by atoms with van der Waals surface area (Å²) in [7, 11) is 1.52. The predicted molar refractivity (Wildman–Crippen MR) is 95.1 cm³/mol. The standard InChI is InChI=1S/C18H15ClN2O5/c1-24-9-12-11-5-2-3-7-14(11)26-16(12)18(23)25-10-15(22)21-13-6-4-8-20-17(13)19/h2-8H,9-10H2,1H3,(H,21,22). The van der Waals surface area contributed by atoms with Crippen LogP contribution >= 0.6 is 11.6 Å². The first-order valence-corrected chi connectivity index (χ1v) is 8.04. The van der Waals surface area contributed by atoms with E-state index in [0.717, 1.165) is 5.39 Å². The van der Waals surface area contributed by atoms with Gasteiger partial charge in [0.25, 0.3) is 5.91 Å². The van der Waals surface area contributed by atoms with Gasteiger partial charge in [-0.05, 0) is 18.2 Å². The first kappa shape index (κ1) is 17.9. The van der Waals surface area contributed by atoms with Gasteiger partial charge < -0.3 is 19.2 Å². The molecule has 0 fully saturated rings. The minimum atomic E-state index is -0.749. The highest BCUT2D eigenvalue weighted by Crippen LogP contribution is 2.27. The van der Waals surface area contributed by atoms with Crippen molar-refractivity contribution in [3.05, 3.63) is 59.1 Å². The number of hydrogen-bond acceptors (Lipinski definition) is 6. The Morgan fingerprint density at radius 3 is 2.81 bits per heavy atom. The average Bonchev–Trinajstić information content (AvgIpc) is 3.01. The van der Waals surface area contributed by atoms with Crippen LogP contribution in [0.1, 0.15) is 16.1 Å². The smallest absolute Gasteiger partial charge is 0.375 e. The molecule has 1 aromatic carbocycles. The number of nitrogens with zero attached hydrogens (tertiary/aromatic N) is 1. The van der Waals surface area contributed by atoms with Crippen molar-refractivity contribution in [2.45, 2.75) is 6.61 Å². The van der Waals surface area contributed by atoms with Crippen LogP contribution in [0.25, 0.3) is 11.0 Å². The number of carbonyl (C=O) groups is 2. The summed E-state index contributed by atoms with van der Waals surface area (Å²) in [5.74, 6) is -1.28. The van der Waals surface area contributed by atoms with E-state index in [4.69, 9.17) is 25.5 Å². The van der Waals surface area contributed by atoms with Crippen LogP contribution in [0.15, 0.2) is 47.0 Å². The minimum Gasteiger partial charge on any atom is -0.450 e. The Hall–Kier alpha value is -2.90. The number of esters is 1. The largest absolute Gasteiger partial charge is 0.450 e. The molecule has 26 heavy (non-hydrogen) atoms. The molecule has 2 aromatic heterocycles. The van der Waals surface area contributed by atoms with Crippen LogP contribution in [0, 0.1) is 0 Å². The molecule has 0 aliphatic rings. The molecular weight excluding hydrogens is 360 g/mol. The monoisotopic (exact) mass is 374 g/mol. The molecule has 0 bridgehead atoms. The highest BCUT2D eigenvalue weighted by molar-refractivity contribution is 6.32. The second-order valence-electron chi connectivity index (χ2n) is 5.30. The third-order valence-electron chi connectivity index (χ3n) is 3.54. The molecule has 3 aromatic rings. The number of anilines is 1. The number of hydrogen-bond donors (Lipinski definition) is 1. The fraction of sp³-hybridized carbons (Fsp3) is 0.167. The lowest BCUT2D eigenvalue weighted by molar-refractivity contribution is -0.119. The number of ether oxygens (including phenoxy) is 2. The van der Waals surface area contributed by atoms with Gasteiger partial charge in [0.2, 0.25) is 5.76 Å². The normalized spacial score (nSPS) is 10.7. The van der Waals surface area contributed by atoms with Crippen LogP contribution in [-0.4, -0.2) is 30.6 Å². The highest BCUT2D eigenvalue weighted by atomic mass is 35.5. The van der Waals surface area contributed by atoms with Crippen LogP contribution in [-0.2, 0) is 20.9 Å². The molecule has 2 heterocycles. The fourth-order valence-electron chi connectivity index (χ4n) is 2.41. The van der Waals surface area contributed by atoms with Gasteiger partial charge in [-0.3, -0.25) is 4.79 Å². The Balaban J connectivity index is 1.70. The molecule has 0 saturated heterocycles. The van der Waals surface area contributed by atoms with E-state index in [1.807, 2.05) is 12.1 Å². The molecule has 134 valence electrons. The lowest BCUT2D eigenvalue weighted by Crippen LogP contribution is -2.21. The quantitative estimate of drug-likeness (QED) is 0.525. The van der Waals surface area contributed by atoms with Gasteiger partial charge in [0.1, 0.15) is 5.58 Å². The van der Waals surface area contributed by atoms with Crippen molar-refractivity contribution in [2.75, 3.05) is 19.0 Å². The summed E-state index contributed by atoms with van der Waals surface area (Å²) in [6, 6.07) is 10.4. The predicted octanol–water partition coefficient (Wildman–Crippen LogP) is 3.42. The Morgan fingerprint density at radius 2 is 2.04 bits per heavy atom. The number of nitrogens with one attached hydrogen (secondary N) is 1. The Labute approximate surface area is 153 Å². The lowest BCUT2D eigenvalue weighted by atomic mass is 10.1. The third-order valence-corrected chi connectivity index (χ3v) is 3.84. The third kappa shape index (κ3) is 3.84. The average molecular weight is 375 g/mol. The number of para-hydroxylation sites is 1. The summed E-state index contributed by atoms with van der Waals surface area (Å²) in [4.78, 5) is 28.1. The van der Waals surface area contributed by atoms with E-state index in [1.54, 1.807) is 24.3 Å². The van der Waals surface area contributed by atoms with Gasteiger partial charge in [0.05, 0.1) is 12.3 Å². The molecule has 8 heteroatoms. The molecular formula is C18H15ClN2O5. The molecule has 3 rings (SSSR count). The van der Waals surface area contributed by atoms with Crippen LogP contribution in [0.5, 0.6) is 0 Å². The lowest BCUT2D eigenvalue weighted by Gasteiger charge is -2.07. The van der Waals surface area contributed by atoms with Crippen LogP contribution in [0.4, 0.5) is 5.69 Å². The van der Waals surface area contributed by atoms with E-state index in [2.05, 4.69) is 10.3 Å². The maximum Gasteiger partial charge on any atom is 0.375 e. The summed E-state index contributed by atoms with van der Waals surface area (Å²) < 4.78 is 15.8. The highest BCUT2D eigenvalue weighted by Gasteiger charge is 2.22. The first-order valence-electron chi connectivity index (χ1n) is 7.67. The van der Waals surface area contributed by atoms with E-state index in [-0.39, 0.29) is 17.5 Å². The van der Waals surface area contributed by atoms with Gasteiger partial charge in [-0.2, -0.15) is 0 Å². The number of fused-ring (bicyclic) bond motifs is 1. The number of carbonyl (C=O) groups excluding carboxylic acids is 2. The number of furan rings is 1. The topological polar surface area (TPSA) is 90.7 Å². The first-order chi connectivity index (χ1) is 12.6. The number of amides is 1. The van der Waals surface area contributed by atoms with Gasteiger partial charge >= 0.3 is 5.97 Å². The maximum absolute atomic E-state index is 12.3. The van der Waals surface area contributed by atoms with Crippen molar-refractivity contribution >= 4 is 40.1 Å². The van der Waals surface area contributed by atoms with Gasteiger partial charge in [-0.25, -0.2) is 9.78 Å². The summed E-state index contributed by atoms with van der Waals surface area (Å²) in [6.07, 6.45) is 1.50. The Morgan fingerprint density at radius 1 is 1.23 bits per heavy atom. The zero-order valence-electron chi connectivity index (χ0n) is 13.8. The van der Waals surface area contributed by atoms with Crippen molar-refractivity contribution in [1.82, 2.24) is 4.98 Å². The van der Waals surface area contributed by atoms with Gasteiger partial charge in [0.15, 0.2) is 11.8 Å². The van der Waals surface area contributed by atoms with E-state index >= 15 is 0 Å². The molecule has 7 nitrogen and oxygen atoms in total. The number of halogens is 1. The SMILES string of the molecule is COCc1c(C(=O)OCC(=O)Nc2cccnc2Cl)oc2ccccc12. The minimum absolute atomic E-state index is 0.0141. The van der Waals surface area contributed by atoms with Crippen molar-refractivity contribution in [2.24, 2.45) is 0 Å². The second kappa shape index (κ2) is 7.99. The van der Waals surface area contributed by atoms with Crippen LogP contribution in [0.2, 0.25) is 5.15 Å². The molecule has 1 N–H and O–H groups in total. The van der Waals surface area contributed by atoms with Gasteiger partial charge in [-0.15, -0.1) is 0 Å². The molecule has 0 spiro atoms. The van der Waals surface area contributed by atoms with Gasteiger partial charge in [-0.1, -0.05) is 29.8 Å². The van der Waals surface area contributed by atoms with Crippen LogP contribution in [0.3, 0.4) is 0 Å². The zero-order valence-corrected chi connectivity index (χ0v) is 14.6. The molecule has 0 atom stereocenters. The number of methoxy groups -OCH3 is 1. The molecule has 0 aliphatic heterocycles.